The number of aryl methyl sites for hydroxylation is 1. The maximum absolute atomic E-state index is 12.4. The van der Waals surface area contributed by atoms with Gasteiger partial charge in [0.25, 0.3) is 5.91 Å². The van der Waals surface area contributed by atoms with Gasteiger partial charge in [0.2, 0.25) is 5.89 Å². The van der Waals surface area contributed by atoms with Gasteiger partial charge in [0, 0.05) is 30.4 Å². The van der Waals surface area contributed by atoms with Gasteiger partial charge in [0.15, 0.2) is 17.1 Å². The number of carbonyl (C=O) groups excluding carboxylic acids is 1. The average Bonchev–Trinajstić information content (AvgIpc) is 3.10. The lowest BCUT2D eigenvalue weighted by molar-refractivity contribution is 0.0946. The van der Waals surface area contributed by atoms with Gasteiger partial charge in [-0.05, 0) is 31.2 Å². The third kappa shape index (κ3) is 3.12. The van der Waals surface area contributed by atoms with E-state index < -0.39 is 0 Å². The number of oxazole rings is 1. The number of carbonyl (C=O) groups is 1. The number of nitrogens with zero attached hydrogens (tertiary/aromatic N) is 5. The Hall–Kier alpha value is -3.68. The van der Waals surface area contributed by atoms with Crippen LogP contribution in [0.25, 0.3) is 22.6 Å². The molecule has 26 heavy (non-hydrogen) atoms. The quantitative estimate of drug-likeness (QED) is 0.604. The largest absolute Gasteiger partial charge is 0.437 e. The molecule has 4 aromatic rings. The molecule has 1 amide bonds. The van der Waals surface area contributed by atoms with Crippen molar-refractivity contribution >= 4 is 17.1 Å². The van der Waals surface area contributed by atoms with Gasteiger partial charge in [-0.2, -0.15) is 4.98 Å². The molecular weight excluding hydrogens is 332 g/mol. The van der Waals surface area contributed by atoms with Crippen molar-refractivity contribution < 1.29 is 9.21 Å². The topological polar surface area (TPSA) is 107 Å². The Kier molecular flexibility index (Phi) is 4.06. The van der Waals surface area contributed by atoms with Crippen molar-refractivity contribution in [1.29, 1.82) is 0 Å². The molecule has 0 saturated carbocycles. The highest BCUT2D eigenvalue weighted by Gasteiger charge is 2.14. The maximum atomic E-state index is 12.4. The molecule has 4 aromatic heterocycles. The van der Waals surface area contributed by atoms with E-state index in [1.54, 1.807) is 37.6 Å². The van der Waals surface area contributed by atoms with Gasteiger partial charge < -0.3 is 9.73 Å². The smallest absolute Gasteiger partial charge is 0.255 e. The summed E-state index contributed by atoms with van der Waals surface area (Å²) in [5.74, 6) is 0.616. The Morgan fingerprint density at radius 1 is 1.12 bits per heavy atom. The number of fused-ring (bicyclic) bond motifs is 1. The van der Waals surface area contributed by atoms with E-state index in [1.807, 2.05) is 12.1 Å². The number of rotatable bonds is 4. The Morgan fingerprint density at radius 3 is 2.77 bits per heavy atom. The molecule has 0 aromatic carbocycles. The molecule has 1 N–H and O–H groups in total. The number of hydrogen-bond donors (Lipinski definition) is 1. The minimum Gasteiger partial charge on any atom is -0.437 e. The third-order valence-electron chi connectivity index (χ3n) is 3.75. The number of amides is 1. The second-order valence-electron chi connectivity index (χ2n) is 5.55. The predicted octanol–water partition coefficient (Wildman–Crippen LogP) is 2.31. The van der Waals surface area contributed by atoms with Crippen LogP contribution in [0.15, 0.2) is 53.5 Å². The van der Waals surface area contributed by atoms with Crippen molar-refractivity contribution in [2.45, 2.75) is 13.5 Å². The van der Waals surface area contributed by atoms with E-state index >= 15 is 0 Å². The summed E-state index contributed by atoms with van der Waals surface area (Å²) in [6.07, 6.45) is 6.50. The minimum absolute atomic E-state index is 0.152. The number of nitrogens with one attached hydrogen (secondary N) is 1. The Balaban J connectivity index is 1.49. The zero-order chi connectivity index (χ0) is 17.9. The van der Waals surface area contributed by atoms with Crippen LogP contribution in [0, 0.1) is 6.92 Å². The fraction of sp³-hybridized carbons (Fsp3) is 0.111. The molecule has 4 heterocycles. The van der Waals surface area contributed by atoms with Crippen LogP contribution in [0.2, 0.25) is 0 Å². The lowest BCUT2D eigenvalue weighted by Crippen LogP contribution is -2.24. The first-order valence-electron chi connectivity index (χ1n) is 7.93. The molecule has 0 radical (unpaired) electrons. The van der Waals surface area contributed by atoms with Crippen molar-refractivity contribution in [3.63, 3.8) is 0 Å². The lowest BCUT2D eigenvalue weighted by atomic mass is 10.2. The van der Waals surface area contributed by atoms with Crippen molar-refractivity contribution in [2.24, 2.45) is 0 Å². The van der Waals surface area contributed by atoms with E-state index in [-0.39, 0.29) is 12.5 Å². The van der Waals surface area contributed by atoms with E-state index in [9.17, 15) is 4.79 Å². The SMILES string of the molecule is Cc1nc(-c2cccnc2)ncc1C(=O)NCc1nc2ncccc2o1. The minimum atomic E-state index is -0.296. The van der Waals surface area contributed by atoms with Gasteiger partial charge in [-0.15, -0.1) is 0 Å². The molecular formula is C18H14N6O2. The molecule has 0 saturated heterocycles. The molecule has 0 unspecified atom stereocenters. The lowest BCUT2D eigenvalue weighted by Gasteiger charge is -2.07. The van der Waals surface area contributed by atoms with Crippen LogP contribution in [0.5, 0.6) is 0 Å². The highest BCUT2D eigenvalue weighted by molar-refractivity contribution is 5.95. The van der Waals surface area contributed by atoms with E-state index in [0.717, 1.165) is 5.56 Å². The third-order valence-corrected chi connectivity index (χ3v) is 3.75. The Labute approximate surface area is 148 Å². The molecule has 0 aliphatic rings. The predicted molar refractivity (Wildman–Crippen MR) is 93.0 cm³/mol. The molecule has 8 nitrogen and oxygen atoms in total. The highest BCUT2D eigenvalue weighted by Crippen LogP contribution is 2.15. The summed E-state index contributed by atoms with van der Waals surface area (Å²) in [7, 11) is 0. The number of hydrogen-bond acceptors (Lipinski definition) is 7. The van der Waals surface area contributed by atoms with Gasteiger partial charge in [0.1, 0.15) is 0 Å². The standard InChI is InChI=1S/C18H14N6O2/c1-11-13(9-21-16(23-11)12-4-2-6-19-8-12)18(25)22-10-15-24-17-14(26-15)5-3-7-20-17/h2-9H,10H2,1H3,(H,22,25). The van der Waals surface area contributed by atoms with Crippen LogP contribution in [0.3, 0.4) is 0 Å². The van der Waals surface area contributed by atoms with Crippen LogP contribution >= 0.6 is 0 Å². The summed E-state index contributed by atoms with van der Waals surface area (Å²) >= 11 is 0. The van der Waals surface area contributed by atoms with Gasteiger partial charge >= 0.3 is 0 Å². The Bertz CT molecular complexity index is 1040. The summed E-state index contributed by atoms with van der Waals surface area (Å²) in [4.78, 5) is 33.4. The average molecular weight is 346 g/mol. The molecule has 0 bridgehead atoms. The zero-order valence-corrected chi connectivity index (χ0v) is 13.9. The van der Waals surface area contributed by atoms with E-state index in [2.05, 4.69) is 30.2 Å². The molecule has 128 valence electrons. The molecule has 0 aliphatic heterocycles. The maximum Gasteiger partial charge on any atom is 0.255 e. The number of pyridine rings is 2. The van der Waals surface area contributed by atoms with Crippen LogP contribution in [-0.4, -0.2) is 30.8 Å². The number of aromatic nitrogens is 5. The first kappa shape index (κ1) is 15.8. The fourth-order valence-electron chi connectivity index (χ4n) is 2.46. The Morgan fingerprint density at radius 2 is 2.00 bits per heavy atom. The summed E-state index contributed by atoms with van der Waals surface area (Å²) in [6, 6.07) is 7.21. The zero-order valence-electron chi connectivity index (χ0n) is 13.9. The van der Waals surface area contributed by atoms with Crippen molar-refractivity contribution in [2.75, 3.05) is 0 Å². The molecule has 4 rings (SSSR count). The summed E-state index contributed by atoms with van der Waals surface area (Å²) in [5.41, 5.74) is 2.86. The van der Waals surface area contributed by atoms with E-state index in [4.69, 9.17) is 4.42 Å². The molecule has 0 aliphatic carbocycles. The molecule has 0 atom stereocenters. The normalized spacial score (nSPS) is 10.8. The first-order chi connectivity index (χ1) is 12.7. The fourth-order valence-corrected chi connectivity index (χ4v) is 2.46. The molecule has 8 heteroatoms. The molecule has 0 fully saturated rings. The van der Waals surface area contributed by atoms with E-state index in [0.29, 0.717) is 34.2 Å². The second-order valence-corrected chi connectivity index (χ2v) is 5.55. The van der Waals surface area contributed by atoms with Crippen LogP contribution in [0.1, 0.15) is 21.9 Å². The van der Waals surface area contributed by atoms with Gasteiger partial charge in [0.05, 0.1) is 17.8 Å². The second kappa shape index (κ2) is 6.67. The first-order valence-corrected chi connectivity index (χ1v) is 7.93. The highest BCUT2D eigenvalue weighted by atomic mass is 16.3. The molecule has 0 spiro atoms. The van der Waals surface area contributed by atoms with Crippen molar-refractivity contribution in [1.82, 2.24) is 30.2 Å². The monoisotopic (exact) mass is 346 g/mol. The van der Waals surface area contributed by atoms with Crippen LogP contribution in [0.4, 0.5) is 0 Å². The van der Waals surface area contributed by atoms with Gasteiger partial charge in [-0.1, -0.05) is 0 Å². The van der Waals surface area contributed by atoms with Crippen molar-refractivity contribution in [3.05, 3.63) is 66.2 Å². The van der Waals surface area contributed by atoms with Crippen LogP contribution in [-0.2, 0) is 6.54 Å². The van der Waals surface area contributed by atoms with E-state index in [1.165, 1.54) is 6.20 Å². The summed E-state index contributed by atoms with van der Waals surface area (Å²) < 4.78 is 5.53. The summed E-state index contributed by atoms with van der Waals surface area (Å²) in [6.45, 7) is 1.92. The van der Waals surface area contributed by atoms with Gasteiger partial charge in [-0.3, -0.25) is 9.78 Å². The van der Waals surface area contributed by atoms with Crippen molar-refractivity contribution in [3.8, 4) is 11.4 Å². The van der Waals surface area contributed by atoms with Crippen LogP contribution < -0.4 is 5.32 Å². The van der Waals surface area contributed by atoms with Gasteiger partial charge in [-0.25, -0.2) is 15.0 Å². The summed E-state index contributed by atoms with van der Waals surface area (Å²) in [5, 5.41) is 2.76.